The molecule has 16 heavy (non-hydrogen) atoms. The third-order valence-corrected chi connectivity index (χ3v) is 3.41. The maximum absolute atomic E-state index is 8.98. The summed E-state index contributed by atoms with van der Waals surface area (Å²) in [5, 5.41) is 12.3. The van der Waals surface area contributed by atoms with Gasteiger partial charge in [0, 0.05) is 18.7 Å². The van der Waals surface area contributed by atoms with E-state index in [1.165, 1.54) is 5.56 Å². The molecule has 1 aromatic carbocycles. The number of ether oxygens (including phenoxy) is 1. The third-order valence-electron chi connectivity index (χ3n) is 3.41. The molecular formula is C13H14N2O. The lowest BCUT2D eigenvalue weighted by Gasteiger charge is -2.10. The summed E-state index contributed by atoms with van der Waals surface area (Å²) in [6.07, 6.45) is 3.06. The minimum absolute atomic E-state index is 0.0878. The van der Waals surface area contributed by atoms with Crippen LogP contribution in [-0.4, -0.2) is 13.2 Å². The lowest BCUT2D eigenvalue weighted by atomic mass is 10.1. The zero-order valence-electron chi connectivity index (χ0n) is 9.12. The smallest absolute Gasteiger partial charge is 0.122 e. The normalized spacial score (nSPS) is 19.4. The van der Waals surface area contributed by atoms with Crippen LogP contribution in [-0.2, 0) is 6.42 Å². The maximum Gasteiger partial charge on any atom is 0.122 e. The molecule has 0 spiro atoms. The van der Waals surface area contributed by atoms with Crippen LogP contribution in [0, 0.1) is 16.7 Å². The molecule has 3 heteroatoms. The van der Waals surface area contributed by atoms with E-state index in [4.69, 9.17) is 10.00 Å². The van der Waals surface area contributed by atoms with Gasteiger partial charge in [-0.05, 0) is 36.6 Å². The second kappa shape index (κ2) is 3.41. The van der Waals surface area contributed by atoms with Gasteiger partial charge in [-0.25, -0.2) is 0 Å². The van der Waals surface area contributed by atoms with E-state index in [1.807, 2.05) is 12.1 Å². The van der Waals surface area contributed by atoms with Crippen LogP contribution in [0.2, 0.25) is 0 Å². The highest BCUT2D eigenvalue weighted by atomic mass is 16.5. The number of nitriles is 1. The highest BCUT2D eigenvalue weighted by Crippen LogP contribution is 2.44. The molecule has 0 saturated heterocycles. The molecule has 0 radical (unpaired) electrons. The molecule has 1 aliphatic carbocycles. The van der Waals surface area contributed by atoms with Crippen LogP contribution in [0.1, 0.15) is 18.4 Å². The number of rotatable bonds is 3. The van der Waals surface area contributed by atoms with Crippen LogP contribution in [0.25, 0.3) is 0 Å². The fraction of sp³-hybridized carbons (Fsp3) is 0.462. The van der Waals surface area contributed by atoms with Gasteiger partial charge in [0.05, 0.1) is 18.1 Å². The summed E-state index contributed by atoms with van der Waals surface area (Å²) in [6.45, 7) is 1.56. The van der Waals surface area contributed by atoms with Crippen molar-refractivity contribution in [2.75, 3.05) is 18.5 Å². The number of benzene rings is 1. The number of nitrogens with one attached hydrogen (secondary N) is 1. The highest BCUT2D eigenvalue weighted by Gasteiger charge is 2.42. The molecule has 3 nitrogen and oxygen atoms in total. The number of hydrogen-bond donors (Lipinski definition) is 1. The Morgan fingerprint density at radius 1 is 1.44 bits per heavy atom. The Morgan fingerprint density at radius 2 is 2.31 bits per heavy atom. The lowest BCUT2D eigenvalue weighted by molar-refractivity contribution is 0.357. The summed E-state index contributed by atoms with van der Waals surface area (Å²) in [7, 11) is 0. The Balaban J connectivity index is 1.69. The van der Waals surface area contributed by atoms with Gasteiger partial charge in [0.25, 0.3) is 0 Å². The standard InChI is InChI=1S/C13H14N2O/c14-8-13(4-5-13)9-15-11-1-2-12-10(7-11)3-6-16-12/h1-2,7,15H,3-6,9H2. The lowest BCUT2D eigenvalue weighted by Crippen LogP contribution is -2.13. The van der Waals surface area contributed by atoms with Gasteiger partial charge in [-0.1, -0.05) is 0 Å². The van der Waals surface area contributed by atoms with Gasteiger partial charge in [0.1, 0.15) is 5.75 Å². The second-order valence-electron chi connectivity index (χ2n) is 4.67. The molecule has 3 rings (SSSR count). The summed E-state index contributed by atoms with van der Waals surface area (Å²) in [5.41, 5.74) is 2.28. The highest BCUT2D eigenvalue weighted by molar-refractivity contribution is 5.52. The Kier molecular flexibility index (Phi) is 2.03. The van der Waals surface area contributed by atoms with Crippen LogP contribution < -0.4 is 10.1 Å². The molecule has 0 unspecified atom stereocenters. The van der Waals surface area contributed by atoms with Crippen molar-refractivity contribution in [2.24, 2.45) is 5.41 Å². The first-order valence-corrected chi connectivity index (χ1v) is 5.72. The van der Waals surface area contributed by atoms with Crippen molar-refractivity contribution < 1.29 is 4.74 Å². The summed E-state index contributed by atoms with van der Waals surface area (Å²) >= 11 is 0. The van der Waals surface area contributed by atoms with E-state index in [-0.39, 0.29) is 5.41 Å². The van der Waals surface area contributed by atoms with Crippen molar-refractivity contribution in [3.63, 3.8) is 0 Å². The fourth-order valence-corrected chi connectivity index (χ4v) is 2.05. The van der Waals surface area contributed by atoms with E-state index in [1.54, 1.807) is 0 Å². The zero-order chi connectivity index (χ0) is 11.0. The van der Waals surface area contributed by atoms with Crippen LogP contribution in [0.15, 0.2) is 18.2 Å². The van der Waals surface area contributed by atoms with Gasteiger partial charge in [-0.3, -0.25) is 0 Å². The van der Waals surface area contributed by atoms with Crippen molar-refractivity contribution >= 4 is 5.69 Å². The van der Waals surface area contributed by atoms with E-state index in [2.05, 4.69) is 17.5 Å². The quantitative estimate of drug-likeness (QED) is 0.840. The Bertz CT molecular complexity index is 457. The molecule has 0 atom stereocenters. The van der Waals surface area contributed by atoms with Gasteiger partial charge in [0.2, 0.25) is 0 Å². The van der Waals surface area contributed by atoms with Gasteiger partial charge in [-0.15, -0.1) is 0 Å². The van der Waals surface area contributed by atoms with Crippen molar-refractivity contribution in [2.45, 2.75) is 19.3 Å². The molecule has 1 saturated carbocycles. The SMILES string of the molecule is N#CC1(CNc2ccc3c(c2)CCO3)CC1. The van der Waals surface area contributed by atoms with Gasteiger partial charge < -0.3 is 10.1 Å². The number of nitrogens with zero attached hydrogens (tertiary/aromatic N) is 1. The Labute approximate surface area is 95.0 Å². The first kappa shape index (κ1) is 9.53. The van der Waals surface area contributed by atoms with E-state index >= 15 is 0 Å². The average Bonchev–Trinajstić information content (AvgIpc) is 2.96. The Morgan fingerprint density at radius 3 is 3.06 bits per heavy atom. The minimum atomic E-state index is -0.0878. The van der Waals surface area contributed by atoms with Crippen molar-refractivity contribution in [1.82, 2.24) is 0 Å². The summed E-state index contributed by atoms with van der Waals surface area (Å²) in [6, 6.07) is 8.56. The minimum Gasteiger partial charge on any atom is -0.493 e. The summed E-state index contributed by atoms with van der Waals surface area (Å²) in [4.78, 5) is 0. The maximum atomic E-state index is 8.98. The van der Waals surface area contributed by atoms with Crippen molar-refractivity contribution in [3.8, 4) is 11.8 Å². The molecule has 1 aliphatic heterocycles. The molecule has 1 heterocycles. The first-order chi connectivity index (χ1) is 7.81. The molecule has 2 aliphatic rings. The molecule has 1 fully saturated rings. The molecule has 82 valence electrons. The number of anilines is 1. The first-order valence-electron chi connectivity index (χ1n) is 5.72. The van der Waals surface area contributed by atoms with E-state index in [9.17, 15) is 0 Å². The second-order valence-corrected chi connectivity index (χ2v) is 4.67. The predicted molar refractivity (Wildman–Crippen MR) is 61.4 cm³/mol. The molecule has 1 aromatic rings. The molecule has 0 aromatic heterocycles. The predicted octanol–water partition coefficient (Wildman–Crippen LogP) is 2.34. The van der Waals surface area contributed by atoms with Crippen LogP contribution in [0.5, 0.6) is 5.75 Å². The molecule has 0 bridgehead atoms. The Hall–Kier alpha value is -1.69. The summed E-state index contributed by atoms with van der Waals surface area (Å²) < 4.78 is 5.45. The van der Waals surface area contributed by atoms with Crippen molar-refractivity contribution in [3.05, 3.63) is 23.8 Å². The van der Waals surface area contributed by atoms with Crippen LogP contribution in [0.3, 0.4) is 0 Å². The van der Waals surface area contributed by atoms with E-state index in [0.29, 0.717) is 0 Å². The molecule has 1 N–H and O–H groups in total. The van der Waals surface area contributed by atoms with Gasteiger partial charge >= 0.3 is 0 Å². The fourth-order valence-electron chi connectivity index (χ4n) is 2.05. The molecule has 0 amide bonds. The van der Waals surface area contributed by atoms with Gasteiger partial charge in [0.15, 0.2) is 0 Å². The number of fused-ring (bicyclic) bond motifs is 1. The zero-order valence-corrected chi connectivity index (χ0v) is 9.12. The third kappa shape index (κ3) is 1.61. The monoisotopic (exact) mass is 214 g/mol. The topological polar surface area (TPSA) is 45.0 Å². The van der Waals surface area contributed by atoms with Crippen LogP contribution >= 0.6 is 0 Å². The van der Waals surface area contributed by atoms with Crippen LogP contribution in [0.4, 0.5) is 5.69 Å². The average molecular weight is 214 g/mol. The van der Waals surface area contributed by atoms with Crippen molar-refractivity contribution in [1.29, 1.82) is 5.26 Å². The van der Waals surface area contributed by atoms with E-state index < -0.39 is 0 Å². The molecular weight excluding hydrogens is 200 g/mol. The largest absolute Gasteiger partial charge is 0.493 e. The summed E-state index contributed by atoms with van der Waals surface area (Å²) in [5.74, 6) is 1.01. The van der Waals surface area contributed by atoms with Gasteiger partial charge in [-0.2, -0.15) is 5.26 Å². The van der Waals surface area contributed by atoms with E-state index in [0.717, 1.165) is 43.9 Å². The number of hydrogen-bond acceptors (Lipinski definition) is 3.